The SMILES string of the molecule is COc1ccc(-c2cccc3c2CCC3=O)c(OC(C)(C)C(=O)OCC(C)C)c1OC. The average Bonchev–Trinajstić information content (AvgIpc) is 3.12. The van der Waals surface area contributed by atoms with E-state index >= 15 is 0 Å². The van der Waals surface area contributed by atoms with Crippen LogP contribution in [0.15, 0.2) is 30.3 Å². The van der Waals surface area contributed by atoms with Crippen molar-refractivity contribution in [2.24, 2.45) is 5.92 Å². The van der Waals surface area contributed by atoms with Gasteiger partial charge in [0.15, 0.2) is 22.9 Å². The Kier molecular flexibility index (Phi) is 6.58. The van der Waals surface area contributed by atoms with Crippen LogP contribution in [0, 0.1) is 5.92 Å². The normalized spacial score (nSPS) is 13.2. The zero-order valence-corrected chi connectivity index (χ0v) is 19.0. The molecule has 0 amide bonds. The fourth-order valence-electron chi connectivity index (χ4n) is 3.67. The number of ketones is 1. The number of Topliss-reactive ketones (excluding diaryl/α,β-unsaturated/α-hetero) is 1. The molecule has 0 aromatic heterocycles. The van der Waals surface area contributed by atoms with Gasteiger partial charge in [0.05, 0.1) is 20.8 Å². The van der Waals surface area contributed by atoms with Gasteiger partial charge in [-0.1, -0.05) is 32.0 Å². The molecule has 6 nitrogen and oxygen atoms in total. The first-order valence-electron chi connectivity index (χ1n) is 10.5. The van der Waals surface area contributed by atoms with E-state index in [-0.39, 0.29) is 11.7 Å². The van der Waals surface area contributed by atoms with Crippen molar-refractivity contribution in [2.45, 2.75) is 46.1 Å². The molecule has 3 rings (SSSR count). The predicted octanol–water partition coefficient (Wildman–Crippen LogP) is 4.86. The molecule has 0 saturated heterocycles. The van der Waals surface area contributed by atoms with Crippen molar-refractivity contribution in [3.05, 3.63) is 41.5 Å². The second-order valence-electron chi connectivity index (χ2n) is 8.54. The highest BCUT2D eigenvalue weighted by Crippen LogP contribution is 2.47. The number of benzene rings is 2. The molecule has 0 aliphatic heterocycles. The lowest BCUT2D eigenvalue weighted by Gasteiger charge is -2.28. The number of hydrogen-bond donors (Lipinski definition) is 0. The molecule has 0 fully saturated rings. The van der Waals surface area contributed by atoms with Crippen molar-refractivity contribution >= 4 is 11.8 Å². The summed E-state index contributed by atoms with van der Waals surface area (Å²) in [6, 6.07) is 9.32. The first-order valence-corrected chi connectivity index (χ1v) is 10.5. The molecular formula is C25H30O6. The number of fused-ring (bicyclic) bond motifs is 1. The Morgan fingerprint density at radius 1 is 0.968 bits per heavy atom. The van der Waals surface area contributed by atoms with Gasteiger partial charge in [0.1, 0.15) is 0 Å². The number of carbonyl (C=O) groups excluding carboxylic acids is 2. The Balaban J connectivity index is 2.11. The first-order chi connectivity index (χ1) is 14.7. The van der Waals surface area contributed by atoms with Gasteiger partial charge in [0, 0.05) is 17.5 Å². The van der Waals surface area contributed by atoms with Crippen LogP contribution in [0.3, 0.4) is 0 Å². The third-order valence-corrected chi connectivity index (χ3v) is 5.27. The van der Waals surface area contributed by atoms with E-state index < -0.39 is 11.6 Å². The number of carbonyl (C=O) groups is 2. The minimum absolute atomic E-state index is 0.136. The Bertz CT molecular complexity index is 990. The lowest BCUT2D eigenvalue weighted by atomic mass is 9.95. The van der Waals surface area contributed by atoms with E-state index in [1.165, 1.54) is 7.11 Å². The summed E-state index contributed by atoms with van der Waals surface area (Å²) in [7, 11) is 3.07. The second kappa shape index (κ2) is 9.00. The molecule has 0 bridgehead atoms. The zero-order valence-electron chi connectivity index (χ0n) is 19.0. The molecule has 2 aromatic carbocycles. The maximum atomic E-state index is 12.7. The largest absolute Gasteiger partial charge is 0.493 e. The summed E-state index contributed by atoms with van der Waals surface area (Å²) >= 11 is 0. The third kappa shape index (κ3) is 4.53. The molecule has 1 aliphatic rings. The van der Waals surface area contributed by atoms with Crippen LogP contribution in [0.1, 0.15) is 50.0 Å². The van der Waals surface area contributed by atoms with Gasteiger partial charge in [-0.25, -0.2) is 4.79 Å². The molecule has 0 atom stereocenters. The van der Waals surface area contributed by atoms with E-state index in [1.807, 2.05) is 38.1 Å². The summed E-state index contributed by atoms with van der Waals surface area (Å²) in [4.78, 5) is 25.0. The van der Waals surface area contributed by atoms with Crippen LogP contribution in [-0.4, -0.2) is 38.2 Å². The van der Waals surface area contributed by atoms with Crippen molar-refractivity contribution in [3.63, 3.8) is 0 Å². The number of rotatable bonds is 8. The van der Waals surface area contributed by atoms with Crippen LogP contribution in [0.4, 0.5) is 0 Å². The molecule has 0 spiro atoms. The van der Waals surface area contributed by atoms with Crippen molar-refractivity contribution < 1.29 is 28.5 Å². The molecule has 166 valence electrons. The Morgan fingerprint density at radius 3 is 2.32 bits per heavy atom. The molecule has 31 heavy (non-hydrogen) atoms. The van der Waals surface area contributed by atoms with E-state index in [1.54, 1.807) is 27.0 Å². The highest BCUT2D eigenvalue weighted by Gasteiger charge is 2.35. The number of ether oxygens (including phenoxy) is 4. The lowest BCUT2D eigenvalue weighted by molar-refractivity contribution is -0.160. The number of hydrogen-bond acceptors (Lipinski definition) is 6. The van der Waals surface area contributed by atoms with Crippen molar-refractivity contribution in [2.75, 3.05) is 20.8 Å². The monoisotopic (exact) mass is 426 g/mol. The molecule has 1 aliphatic carbocycles. The van der Waals surface area contributed by atoms with Gasteiger partial charge in [-0.15, -0.1) is 0 Å². The minimum Gasteiger partial charge on any atom is -0.493 e. The standard InChI is InChI=1S/C25H30O6/c1-15(2)14-30-24(27)25(3,4)31-22-19(11-13-21(28-5)23(22)29-6)16-8-7-9-18-17(16)10-12-20(18)26/h7-9,11,13,15H,10,12,14H2,1-6H3. The summed E-state index contributed by atoms with van der Waals surface area (Å²) < 4.78 is 22.8. The topological polar surface area (TPSA) is 71.1 Å². The van der Waals surface area contributed by atoms with Crippen molar-refractivity contribution in [1.82, 2.24) is 0 Å². The van der Waals surface area contributed by atoms with Crippen LogP contribution in [-0.2, 0) is 16.0 Å². The van der Waals surface area contributed by atoms with E-state index in [0.29, 0.717) is 36.7 Å². The Labute approximate surface area is 183 Å². The Hall–Kier alpha value is -3.02. The zero-order chi connectivity index (χ0) is 22.8. The van der Waals surface area contributed by atoms with E-state index in [2.05, 4.69) is 0 Å². The van der Waals surface area contributed by atoms with Gasteiger partial charge in [-0.05, 0) is 49.4 Å². The highest BCUT2D eigenvalue weighted by molar-refractivity contribution is 6.02. The quantitative estimate of drug-likeness (QED) is 0.562. The third-order valence-electron chi connectivity index (χ3n) is 5.27. The number of methoxy groups -OCH3 is 2. The van der Waals surface area contributed by atoms with Gasteiger partial charge in [0.25, 0.3) is 0 Å². The van der Waals surface area contributed by atoms with Gasteiger partial charge in [-0.3, -0.25) is 4.79 Å². The summed E-state index contributed by atoms with van der Waals surface area (Å²) in [6.07, 6.45) is 1.15. The van der Waals surface area contributed by atoms with Crippen LogP contribution < -0.4 is 14.2 Å². The molecule has 0 radical (unpaired) electrons. The van der Waals surface area contributed by atoms with E-state index in [9.17, 15) is 9.59 Å². The summed E-state index contributed by atoms with van der Waals surface area (Å²) in [6.45, 7) is 7.58. The van der Waals surface area contributed by atoms with Crippen LogP contribution in [0.5, 0.6) is 17.2 Å². The smallest absolute Gasteiger partial charge is 0.349 e. The highest BCUT2D eigenvalue weighted by atomic mass is 16.6. The fourth-order valence-corrected chi connectivity index (χ4v) is 3.67. The summed E-state index contributed by atoms with van der Waals surface area (Å²) in [5, 5.41) is 0. The molecule has 0 unspecified atom stereocenters. The Morgan fingerprint density at radius 2 is 1.68 bits per heavy atom. The molecular weight excluding hydrogens is 396 g/mol. The van der Waals surface area contributed by atoms with Crippen molar-refractivity contribution in [1.29, 1.82) is 0 Å². The molecule has 0 saturated carbocycles. The minimum atomic E-state index is -1.27. The van der Waals surface area contributed by atoms with Crippen LogP contribution >= 0.6 is 0 Å². The first kappa shape index (κ1) is 22.7. The second-order valence-corrected chi connectivity index (χ2v) is 8.54. The van der Waals surface area contributed by atoms with Gasteiger partial charge < -0.3 is 18.9 Å². The molecule has 0 N–H and O–H groups in total. The predicted molar refractivity (Wildman–Crippen MR) is 118 cm³/mol. The van der Waals surface area contributed by atoms with Crippen molar-refractivity contribution in [3.8, 4) is 28.4 Å². The maximum absolute atomic E-state index is 12.7. The van der Waals surface area contributed by atoms with E-state index in [4.69, 9.17) is 18.9 Å². The van der Waals surface area contributed by atoms with Gasteiger partial charge >= 0.3 is 5.97 Å². The number of esters is 1. The lowest BCUT2D eigenvalue weighted by Crippen LogP contribution is -2.40. The average molecular weight is 427 g/mol. The fraction of sp³-hybridized carbons (Fsp3) is 0.440. The summed E-state index contributed by atoms with van der Waals surface area (Å²) in [5.74, 6) is 1.12. The van der Waals surface area contributed by atoms with Crippen LogP contribution in [0.25, 0.3) is 11.1 Å². The van der Waals surface area contributed by atoms with E-state index in [0.717, 1.165) is 22.3 Å². The molecule has 2 aromatic rings. The summed E-state index contributed by atoms with van der Waals surface area (Å²) in [5.41, 5.74) is 2.05. The molecule has 6 heteroatoms. The van der Waals surface area contributed by atoms with Crippen LogP contribution in [0.2, 0.25) is 0 Å². The maximum Gasteiger partial charge on any atom is 0.349 e. The van der Waals surface area contributed by atoms with Gasteiger partial charge in [0.2, 0.25) is 5.75 Å². The van der Waals surface area contributed by atoms with Gasteiger partial charge in [-0.2, -0.15) is 0 Å². The molecule has 0 heterocycles.